The van der Waals surface area contributed by atoms with Gasteiger partial charge in [0.2, 0.25) is 0 Å². The third kappa shape index (κ3) is 5.83. The number of aromatic nitrogens is 2. The minimum atomic E-state index is -0.401. The van der Waals surface area contributed by atoms with E-state index in [1.165, 1.54) is 16.8 Å². The van der Waals surface area contributed by atoms with Crippen LogP contribution in [0.15, 0.2) is 103 Å². The molecule has 0 aliphatic carbocycles. The molecule has 0 saturated heterocycles. The van der Waals surface area contributed by atoms with Crippen LogP contribution in [0.3, 0.4) is 0 Å². The Morgan fingerprint density at radius 3 is 2.02 bits per heavy atom. The van der Waals surface area contributed by atoms with Crippen molar-refractivity contribution in [1.29, 1.82) is 0 Å². The third-order valence-electron chi connectivity index (χ3n) is 6.15. The van der Waals surface area contributed by atoms with Crippen molar-refractivity contribution in [3.63, 3.8) is 0 Å². The number of amides is 2. The van der Waals surface area contributed by atoms with E-state index in [2.05, 4.69) is 15.7 Å². The molecule has 1 aromatic heterocycles. The summed E-state index contributed by atoms with van der Waals surface area (Å²) in [4.78, 5) is 26.1. The highest BCUT2D eigenvalue weighted by atomic mass is 19.1. The van der Waals surface area contributed by atoms with E-state index in [0.29, 0.717) is 50.9 Å². The van der Waals surface area contributed by atoms with Crippen LogP contribution < -0.4 is 20.1 Å². The van der Waals surface area contributed by atoms with Crippen molar-refractivity contribution in [3.8, 4) is 28.4 Å². The maximum atomic E-state index is 13.5. The van der Waals surface area contributed by atoms with Gasteiger partial charge in [0.25, 0.3) is 11.8 Å². The number of carbonyl (C=O) groups is 2. The van der Waals surface area contributed by atoms with Crippen LogP contribution >= 0.6 is 0 Å². The highest BCUT2D eigenvalue weighted by molar-refractivity contribution is 6.09. The summed E-state index contributed by atoms with van der Waals surface area (Å²) in [5.41, 5.74) is 3.56. The summed E-state index contributed by atoms with van der Waals surface area (Å²) in [6, 6.07) is 26.6. The van der Waals surface area contributed by atoms with Crippen molar-refractivity contribution in [3.05, 3.63) is 120 Å². The number of nitrogens with zero attached hydrogens (tertiary/aromatic N) is 2. The molecule has 200 valence electrons. The first-order chi connectivity index (χ1) is 19.4. The van der Waals surface area contributed by atoms with Crippen molar-refractivity contribution in [1.82, 2.24) is 9.78 Å². The second-order valence-corrected chi connectivity index (χ2v) is 8.76. The van der Waals surface area contributed by atoms with Crippen LogP contribution in [0, 0.1) is 5.82 Å². The van der Waals surface area contributed by atoms with Crippen molar-refractivity contribution in [2.45, 2.75) is 0 Å². The monoisotopic (exact) mass is 536 g/mol. The minimum absolute atomic E-state index is 0.288. The number of hydrogen-bond acceptors (Lipinski definition) is 5. The summed E-state index contributed by atoms with van der Waals surface area (Å²) in [5.74, 6) is 0.244. The van der Waals surface area contributed by atoms with Crippen molar-refractivity contribution in [2.24, 2.45) is 0 Å². The Morgan fingerprint density at radius 2 is 1.38 bits per heavy atom. The van der Waals surface area contributed by atoms with Crippen LogP contribution in [0.4, 0.5) is 15.8 Å². The van der Waals surface area contributed by atoms with E-state index >= 15 is 0 Å². The zero-order valence-electron chi connectivity index (χ0n) is 21.7. The standard InChI is InChI=1S/C31H25FN4O4/c1-39-26-16-12-24(13-17-26)33-30(37)20-6-10-23(11-7-20)34-31(38)28-19-36(25-14-8-22(32)9-15-25)35-29(28)21-4-3-5-27(18-21)40-2/h3-19H,1-2H3,(H,33,37)(H,34,38). The molecule has 2 amide bonds. The van der Waals surface area contributed by atoms with Gasteiger partial charge in [-0.25, -0.2) is 9.07 Å². The molecule has 0 saturated carbocycles. The molecule has 0 atom stereocenters. The van der Waals surface area contributed by atoms with Gasteiger partial charge < -0.3 is 20.1 Å². The first-order valence-corrected chi connectivity index (χ1v) is 12.3. The average Bonchev–Trinajstić information content (AvgIpc) is 3.44. The highest BCUT2D eigenvalue weighted by Crippen LogP contribution is 2.28. The van der Waals surface area contributed by atoms with Crippen molar-refractivity contribution in [2.75, 3.05) is 24.9 Å². The summed E-state index contributed by atoms with van der Waals surface area (Å²) in [7, 11) is 3.13. The molecule has 8 nitrogen and oxygen atoms in total. The number of halogens is 1. The molecular formula is C31H25FN4O4. The Balaban J connectivity index is 1.37. The number of methoxy groups -OCH3 is 2. The van der Waals surface area contributed by atoms with Gasteiger partial charge in [0.1, 0.15) is 23.0 Å². The molecule has 0 unspecified atom stereocenters. The van der Waals surface area contributed by atoms with E-state index in [1.54, 1.807) is 93.2 Å². The lowest BCUT2D eigenvalue weighted by atomic mass is 10.1. The van der Waals surface area contributed by atoms with Crippen LogP contribution in [0.25, 0.3) is 16.9 Å². The van der Waals surface area contributed by atoms with Gasteiger partial charge in [0.05, 0.1) is 25.5 Å². The molecule has 0 aliphatic heterocycles. The van der Waals surface area contributed by atoms with E-state index in [1.807, 2.05) is 12.1 Å². The van der Waals surface area contributed by atoms with Crippen LogP contribution in [0.1, 0.15) is 20.7 Å². The fourth-order valence-corrected chi connectivity index (χ4v) is 4.03. The summed E-state index contributed by atoms with van der Waals surface area (Å²) >= 11 is 0. The molecule has 0 radical (unpaired) electrons. The van der Waals surface area contributed by atoms with E-state index in [4.69, 9.17) is 9.47 Å². The Bertz CT molecular complexity index is 1650. The molecule has 0 fully saturated rings. The number of carbonyl (C=O) groups excluding carboxylic acids is 2. The average molecular weight is 537 g/mol. The highest BCUT2D eigenvalue weighted by Gasteiger charge is 2.20. The van der Waals surface area contributed by atoms with E-state index in [-0.39, 0.29) is 11.7 Å². The Kier molecular flexibility index (Phi) is 7.54. The van der Waals surface area contributed by atoms with Crippen LogP contribution in [0.2, 0.25) is 0 Å². The van der Waals surface area contributed by atoms with Crippen LogP contribution in [-0.4, -0.2) is 35.8 Å². The SMILES string of the molecule is COc1ccc(NC(=O)c2ccc(NC(=O)c3cn(-c4ccc(F)cc4)nc3-c3cccc(OC)c3)cc2)cc1. The van der Waals surface area contributed by atoms with Crippen LogP contribution in [0.5, 0.6) is 11.5 Å². The molecule has 40 heavy (non-hydrogen) atoms. The zero-order chi connectivity index (χ0) is 28.1. The van der Waals surface area contributed by atoms with Crippen molar-refractivity contribution >= 4 is 23.2 Å². The molecule has 0 aliphatic rings. The summed E-state index contributed by atoms with van der Waals surface area (Å²) in [6.45, 7) is 0. The van der Waals surface area contributed by atoms with Crippen LogP contribution in [-0.2, 0) is 0 Å². The minimum Gasteiger partial charge on any atom is -0.497 e. The topological polar surface area (TPSA) is 94.5 Å². The number of benzene rings is 4. The van der Waals surface area contributed by atoms with Gasteiger partial charge in [-0.3, -0.25) is 9.59 Å². The molecule has 2 N–H and O–H groups in total. The quantitative estimate of drug-likeness (QED) is 0.246. The third-order valence-corrected chi connectivity index (χ3v) is 6.15. The van der Waals surface area contributed by atoms with Gasteiger partial charge in [-0.15, -0.1) is 0 Å². The van der Waals surface area contributed by atoms with E-state index < -0.39 is 5.91 Å². The predicted octanol–water partition coefficient (Wildman–Crippen LogP) is 6.20. The molecule has 0 bridgehead atoms. The number of ether oxygens (including phenoxy) is 2. The molecule has 5 aromatic rings. The lowest BCUT2D eigenvalue weighted by molar-refractivity contribution is 0.102. The first-order valence-electron chi connectivity index (χ1n) is 12.3. The maximum absolute atomic E-state index is 13.5. The van der Waals surface area contributed by atoms with Gasteiger partial charge >= 0.3 is 0 Å². The number of nitrogens with one attached hydrogen (secondary N) is 2. The predicted molar refractivity (Wildman–Crippen MR) is 151 cm³/mol. The summed E-state index contributed by atoms with van der Waals surface area (Å²) in [6.07, 6.45) is 1.59. The smallest absolute Gasteiger partial charge is 0.259 e. The lowest BCUT2D eigenvalue weighted by Crippen LogP contribution is -2.14. The second-order valence-electron chi connectivity index (χ2n) is 8.76. The Morgan fingerprint density at radius 1 is 0.750 bits per heavy atom. The number of anilines is 2. The molecule has 9 heteroatoms. The summed E-state index contributed by atoms with van der Waals surface area (Å²) < 4.78 is 25.5. The van der Waals surface area contributed by atoms with E-state index in [0.717, 1.165) is 0 Å². The zero-order valence-corrected chi connectivity index (χ0v) is 21.7. The molecule has 5 rings (SSSR count). The normalized spacial score (nSPS) is 10.6. The number of rotatable bonds is 8. The van der Waals surface area contributed by atoms with Gasteiger partial charge in [-0.05, 0) is 84.9 Å². The first kappa shape index (κ1) is 26.2. The molecule has 1 heterocycles. The molecule has 0 spiro atoms. The number of hydrogen-bond donors (Lipinski definition) is 2. The lowest BCUT2D eigenvalue weighted by Gasteiger charge is -2.09. The van der Waals surface area contributed by atoms with Gasteiger partial charge in [0, 0.05) is 28.7 Å². The van der Waals surface area contributed by atoms with Gasteiger partial charge in [0.15, 0.2) is 0 Å². The maximum Gasteiger partial charge on any atom is 0.259 e. The molecule has 4 aromatic carbocycles. The van der Waals surface area contributed by atoms with Gasteiger partial charge in [-0.1, -0.05) is 12.1 Å². The molecular weight excluding hydrogens is 511 g/mol. The van der Waals surface area contributed by atoms with E-state index in [9.17, 15) is 14.0 Å². The largest absolute Gasteiger partial charge is 0.497 e. The Labute approximate surface area is 230 Å². The fraction of sp³-hybridized carbons (Fsp3) is 0.0645. The second kappa shape index (κ2) is 11.5. The Hall–Kier alpha value is -5.44. The summed E-state index contributed by atoms with van der Waals surface area (Å²) in [5, 5.41) is 10.3. The fourth-order valence-electron chi connectivity index (χ4n) is 4.03. The van der Waals surface area contributed by atoms with Crippen molar-refractivity contribution < 1.29 is 23.5 Å². The van der Waals surface area contributed by atoms with Gasteiger partial charge in [-0.2, -0.15) is 5.10 Å².